The van der Waals surface area contributed by atoms with Gasteiger partial charge in [-0.15, -0.1) is 0 Å². The van der Waals surface area contributed by atoms with Crippen molar-refractivity contribution in [2.24, 2.45) is 11.8 Å². The van der Waals surface area contributed by atoms with Crippen LogP contribution in [0.4, 0.5) is 0 Å². The van der Waals surface area contributed by atoms with Crippen LogP contribution < -0.4 is 0 Å². The Bertz CT molecular complexity index is 408. The molecule has 1 saturated carbocycles. The van der Waals surface area contributed by atoms with Crippen LogP contribution >= 0.6 is 0 Å². The second-order valence-corrected chi connectivity index (χ2v) is 5.78. The van der Waals surface area contributed by atoms with Gasteiger partial charge in [0.25, 0.3) is 0 Å². The molecular weight excluding hydrogens is 220 g/mol. The molecule has 0 N–H and O–H groups in total. The van der Waals surface area contributed by atoms with Crippen molar-refractivity contribution in [3.63, 3.8) is 0 Å². The van der Waals surface area contributed by atoms with Crippen molar-refractivity contribution in [1.82, 2.24) is 0 Å². The number of aryl methyl sites for hydroxylation is 1. The fourth-order valence-corrected chi connectivity index (χ4v) is 3.08. The van der Waals surface area contributed by atoms with Crippen LogP contribution in [0.15, 0.2) is 24.3 Å². The van der Waals surface area contributed by atoms with Crippen LogP contribution in [0.2, 0.25) is 0 Å². The molecular formula is C17H24O. The number of Topliss-reactive ketones (excluding diaryl/α,β-unsaturated/α-hetero) is 1. The molecule has 1 aliphatic carbocycles. The molecule has 2 unspecified atom stereocenters. The molecule has 1 heteroatoms. The standard InChI is InChI=1S/C17H24O/c1-3-6-14-8-5-10-16(12-14)17(18)15-9-4-7-13(2)11-15/h5,8,10,12-13,15H,3-4,6-7,9,11H2,1-2H3. The maximum absolute atomic E-state index is 12.5. The largest absolute Gasteiger partial charge is 0.294 e. The molecule has 0 amide bonds. The Kier molecular flexibility index (Phi) is 4.57. The molecule has 0 aromatic heterocycles. The summed E-state index contributed by atoms with van der Waals surface area (Å²) in [6.07, 6.45) is 6.88. The Balaban J connectivity index is 2.10. The fourth-order valence-electron chi connectivity index (χ4n) is 3.08. The third-order valence-electron chi connectivity index (χ3n) is 4.06. The quantitative estimate of drug-likeness (QED) is 0.705. The number of hydrogen-bond donors (Lipinski definition) is 0. The van der Waals surface area contributed by atoms with Crippen LogP contribution in [0.25, 0.3) is 0 Å². The maximum Gasteiger partial charge on any atom is 0.165 e. The van der Waals surface area contributed by atoms with E-state index >= 15 is 0 Å². The van der Waals surface area contributed by atoms with E-state index in [-0.39, 0.29) is 5.92 Å². The predicted molar refractivity (Wildman–Crippen MR) is 75.9 cm³/mol. The zero-order valence-electron chi connectivity index (χ0n) is 11.6. The molecule has 98 valence electrons. The van der Waals surface area contributed by atoms with E-state index in [1.165, 1.54) is 18.4 Å². The zero-order valence-corrected chi connectivity index (χ0v) is 11.6. The highest BCUT2D eigenvalue weighted by Gasteiger charge is 2.25. The van der Waals surface area contributed by atoms with Gasteiger partial charge in [0, 0.05) is 11.5 Å². The van der Waals surface area contributed by atoms with Crippen molar-refractivity contribution < 1.29 is 4.79 Å². The Morgan fingerprint density at radius 3 is 2.89 bits per heavy atom. The molecule has 1 nitrogen and oxygen atoms in total. The molecule has 1 aromatic carbocycles. The lowest BCUT2D eigenvalue weighted by Gasteiger charge is -2.25. The highest BCUT2D eigenvalue weighted by atomic mass is 16.1. The minimum Gasteiger partial charge on any atom is -0.294 e. The topological polar surface area (TPSA) is 17.1 Å². The molecule has 0 saturated heterocycles. The average Bonchev–Trinajstić information content (AvgIpc) is 2.39. The van der Waals surface area contributed by atoms with Crippen LogP contribution in [0.3, 0.4) is 0 Å². The van der Waals surface area contributed by atoms with Crippen LogP contribution in [0.5, 0.6) is 0 Å². The number of ketones is 1. The van der Waals surface area contributed by atoms with Crippen molar-refractivity contribution >= 4 is 5.78 Å². The second kappa shape index (κ2) is 6.17. The summed E-state index contributed by atoms with van der Waals surface area (Å²) >= 11 is 0. The van der Waals surface area contributed by atoms with Gasteiger partial charge in [0.2, 0.25) is 0 Å². The number of benzene rings is 1. The summed E-state index contributed by atoms with van der Waals surface area (Å²) in [6, 6.07) is 8.25. The smallest absolute Gasteiger partial charge is 0.165 e. The van der Waals surface area contributed by atoms with Crippen LogP contribution in [0, 0.1) is 11.8 Å². The molecule has 2 atom stereocenters. The summed E-state index contributed by atoms with van der Waals surface area (Å²) in [5.41, 5.74) is 2.23. The van der Waals surface area contributed by atoms with E-state index < -0.39 is 0 Å². The molecule has 1 fully saturated rings. The van der Waals surface area contributed by atoms with Crippen molar-refractivity contribution in [2.45, 2.75) is 52.4 Å². The number of carbonyl (C=O) groups excluding carboxylic acids is 1. The Labute approximate surface area is 111 Å². The molecule has 0 radical (unpaired) electrons. The van der Waals surface area contributed by atoms with E-state index in [2.05, 4.69) is 26.0 Å². The first-order chi connectivity index (χ1) is 8.70. The van der Waals surface area contributed by atoms with Gasteiger partial charge >= 0.3 is 0 Å². The lowest BCUT2D eigenvalue weighted by Crippen LogP contribution is -2.21. The van der Waals surface area contributed by atoms with Gasteiger partial charge in [-0.3, -0.25) is 4.79 Å². The molecule has 1 aromatic rings. The van der Waals surface area contributed by atoms with Gasteiger partial charge in [-0.05, 0) is 36.8 Å². The average molecular weight is 244 g/mol. The number of carbonyl (C=O) groups is 1. The van der Waals surface area contributed by atoms with Gasteiger partial charge in [0.05, 0.1) is 0 Å². The monoisotopic (exact) mass is 244 g/mol. The maximum atomic E-state index is 12.5. The predicted octanol–water partition coefficient (Wildman–Crippen LogP) is 4.65. The molecule has 0 spiro atoms. The normalized spacial score (nSPS) is 23.9. The minimum absolute atomic E-state index is 0.269. The highest BCUT2D eigenvalue weighted by Crippen LogP contribution is 2.31. The summed E-state index contributed by atoms with van der Waals surface area (Å²) in [6.45, 7) is 4.45. The van der Waals surface area contributed by atoms with E-state index in [1.807, 2.05) is 12.1 Å². The fraction of sp³-hybridized carbons (Fsp3) is 0.588. The first-order valence-electron chi connectivity index (χ1n) is 7.34. The third-order valence-corrected chi connectivity index (χ3v) is 4.06. The first kappa shape index (κ1) is 13.3. The third kappa shape index (κ3) is 3.22. The molecule has 1 aliphatic rings. The van der Waals surface area contributed by atoms with E-state index in [9.17, 15) is 4.79 Å². The Morgan fingerprint density at radius 2 is 2.17 bits per heavy atom. The summed E-state index contributed by atoms with van der Waals surface area (Å²) in [5, 5.41) is 0. The van der Waals surface area contributed by atoms with E-state index in [0.717, 1.165) is 31.2 Å². The van der Waals surface area contributed by atoms with E-state index in [0.29, 0.717) is 11.7 Å². The van der Waals surface area contributed by atoms with Crippen LogP contribution in [-0.4, -0.2) is 5.78 Å². The molecule has 0 heterocycles. The zero-order chi connectivity index (χ0) is 13.0. The molecule has 0 bridgehead atoms. The number of hydrogen-bond acceptors (Lipinski definition) is 1. The highest BCUT2D eigenvalue weighted by molar-refractivity contribution is 5.98. The second-order valence-electron chi connectivity index (χ2n) is 5.78. The van der Waals surface area contributed by atoms with Gasteiger partial charge in [0.15, 0.2) is 5.78 Å². The van der Waals surface area contributed by atoms with Crippen molar-refractivity contribution in [3.8, 4) is 0 Å². The van der Waals surface area contributed by atoms with Gasteiger partial charge in [0.1, 0.15) is 0 Å². The van der Waals surface area contributed by atoms with Crippen LogP contribution in [0.1, 0.15) is 61.9 Å². The lowest BCUT2D eigenvalue weighted by atomic mass is 9.78. The van der Waals surface area contributed by atoms with Crippen molar-refractivity contribution in [1.29, 1.82) is 0 Å². The lowest BCUT2D eigenvalue weighted by molar-refractivity contribution is 0.0868. The summed E-state index contributed by atoms with van der Waals surface area (Å²) < 4.78 is 0. The summed E-state index contributed by atoms with van der Waals surface area (Å²) in [4.78, 5) is 12.5. The Morgan fingerprint density at radius 1 is 1.33 bits per heavy atom. The van der Waals surface area contributed by atoms with Crippen LogP contribution in [-0.2, 0) is 6.42 Å². The van der Waals surface area contributed by atoms with Crippen molar-refractivity contribution in [2.75, 3.05) is 0 Å². The summed E-state index contributed by atoms with van der Waals surface area (Å²) in [7, 11) is 0. The van der Waals surface area contributed by atoms with Gasteiger partial charge in [-0.1, -0.05) is 51.3 Å². The molecule has 0 aliphatic heterocycles. The van der Waals surface area contributed by atoms with Gasteiger partial charge < -0.3 is 0 Å². The Hall–Kier alpha value is -1.11. The first-order valence-corrected chi connectivity index (χ1v) is 7.34. The summed E-state index contributed by atoms with van der Waals surface area (Å²) in [5.74, 6) is 1.36. The van der Waals surface area contributed by atoms with Gasteiger partial charge in [-0.2, -0.15) is 0 Å². The minimum atomic E-state index is 0.269. The van der Waals surface area contributed by atoms with Crippen molar-refractivity contribution in [3.05, 3.63) is 35.4 Å². The number of rotatable bonds is 4. The van der Waals surface area contributed by atoms with E-state index in [4.69, 9.17) is 0 Å². The van der Waals surface area contributed by atoms with Gasteiger partial charge in [-0.25, -0.2) is 0 Å². The molecule has 2 rings (SSSR count). The van der Waals surface area contributed by atoms with E-state index in [1.54, 1.807) is 0 Å². The SMILES string of the molecule is CCCc1cccc(C(=O)C2CCCC(C)C2)c1. The molecule has 18 heavy (non-hydrogen) atoms.